The highest BCUT2D eigenvalue weighted by Crippen LogP contribution is 2.45. The van der Waals surface area contributed by atoms with E-state index in [2.05, 4.69) is 29.3 Å². The first-order chi connectivity index (χ1) is 8.34. The molecule has 1 aromatic rings. The Hall–Kier alpha value is -1.05. The fraction of sp³-hybridized carbons (Fsp3) is 0.500. The molecule has 0 radical (unpaired) electrons. The molecule has 88 valence electrons. The Morgan fingerprint density at radius 3 is 2.35 bits per heavy atom. The van der Waals surface area contributed by atoms with Crippen molar-refractivity contribution in [2.24, 2.45) is 4.99 Å². The molecule has 0 unspecified atom stereocenters. The summed E-state index contributed by atoms with van der Waals surface area (Å²) < 4.78 is 0. The van der Waals surface area contributed by atoms with Crippen LogP contribution in [0.1, 0.15) is 36.3 Å². The number of rotatable bonds is 3. The molecule has 1 aromatic carbocycles. The zero-order chi connectivity index (χ0) is 11.7. The van der Waals surface area contributed by atoms with Crippen molar-refractivity contribution in [1.82, 2.24) is 0 Å². The Morgan fingerprint density at radius 1 is 1.24 bits per heavy atom. The van der Waals surface area contributed by atoms with Gasteiger partial charge in [0.05, 0.1) is 5.54 Å². The van der Waals surface area contributed by atoms with Crippen LogP contribution in [0.2, 0.25) is 0 Å². The van der Waals surface area contributed by atoms with E-state index in [1.165, 1.54) is 22.6 Å². The monoisotopic (exact) mass is 245 g/mol. The van der Waals surface area contributed by atoms with Crippen molar-refractivity contribution >= 4 is 17.8 Å². The molecule has 0 spiro atoms. The summed E-state index contributed by atoms with van der Waals surface area (Å²) in [4.78, 5) is 14.6. The van der Waals surface area contributed by atoms with Crippen LogP contribution < -0.4 is 0 Å². The van der Waals surface area contributed by atoms with Gasteiger partial charge in [-0.05, 0) is 30.4 Å². The van der Waals surface area contributed by atoms with Gasteiger partial charge in [-0.3, -0.25) is 0 Å². The van der Waals surface area contributed by atoms with E-state index >= 15 is 0 Å². The van der Waals surface area contributed by atoms with Gasteiger partial charge in [0.1, 0.15) is 0 Å². The summed E-state index contributed by atoms with van der Waals surface area (Å²) in [5, 5.41) is 0. The number of benzene rings is 1. The van der Waals surface area contributed by atoms with E-state index in [0.717, 1.165) is 25.2 Å². The number of isocyanates is 1. The zero-order valence-corrected chi connectivity index (χ0v) is 10.5. The Bertz CT molecular complexity index is 454. The molecule has 0 amide bonds. The quantitative estimate of drug-likeness (QED) is 0.604. The molecule has 2 fully saturated rings. The van der Waals surface area contributed by atoms with Crippen molar-refractivity contribution in [3.63, 3.8) is 0 Å². The predicted octanol–water partition coefficient (Wildman–Crippen LogP) is 3.23. The molecular formula is C14H15NOS. The first-order valence-electron chi connectivity index (χ1n) is 6.11. The second kappa shape index (κ2) is 4.32. The minimum absolute atomic E-state index is 0.241. The van der Waals surface area contributed by atoms with Gasteiger partial charge in [-0.2, -0.15) is 16.8 Å². The lowest BCUT2D eigenvalue weighted by Gasteiger charge is -2.37. The van der Waals surface area contributed by atoms with Crippen molar-refractivity contribution in [3.05, 3.63) is 35.4 Å². The van der Waals surface area contributed by atoms with Gasteiger partial charge in [-0.15, -0.1) is 0 Å². The van der Waals surface area contributed by atoms with Gasteiger partial charge in [-0.25, -0.2) is 4.79 Å². The fourth-order valence-corrected chi connectivity index (χ4v) is 3.41. The van der Waals surface area contributed by atoms with Crippen LogP contribution in [0.15, 0.2) is 29.3 Å². The molecule has 0 N–H and O–H groups in total. The summed E-state index contributed by atoms with van der Waals surface area (Å²) in [6.45, 7) is 0. The summed E-state index contributed by atoms with van der Waals surface area (Å²) in [6.07, 6.45) is 4.87. The lowest BCUT2D eigenvalue weighted by atomic mass is 9.72. The van der Waals surface area contributed by atoms with E-state index in [1.54, 1.807) is 6.08 Å². The standard InChI is InChI=1S/C14H15NOS/c16-10-15-14(6-1-7-14)13-4-2-11(3-5-13)12-8-17-9-12/h2-5,12H,1,6-9H2. The maximum Gasteiger partial charge on any atom is 0.235 e. The van der Waals surface area contributed by atoms with Crippen molar-refractivity contribution in [2.45, 2.75) is 30.7 Å². The van der Waals surface area contributed by atoms with Crippen LogP contribution in [-0.4, -0.2) is 17.6 Å². The van der Waals surface area contributed by atoms with Crippen molar-refractivity contribution < 1.29 is 4.79 Å². The summed E-state index contributed by atoms with van der Waals surface area (Å²) in [6, 6.07) is 8.72. The Labute approximate surface area is 106 Å². The molecule has 2 nitrogen and oxygen atoms in total. The smallest absolute Gasteiger partial charge is 0.211 e. The summed E-state index contributed by atoms with van der Waals surface area (Å²) in [7, 11) is 0. The average Bonchev–Trinajstić information content (AvgIpc) is 2.22. The molecule has 3 heteroatoms. The number of aliphatic imine (C=N–C) groups is 1. The number of hydrogen-bond acceptors (Lipinski definition) is 3. The molecule has 1 saturated heterocycles. The predicted molar refractivity (Wildman–Crippen MR) is 70.2 cm³/mol. The third-order valence-corrected chi connectivity index (χ3v) is 5.27. The topological polar surface area (TPSA) is 29.4 Å². The highest BCUT2D eigenvalue weighted by Gasteiger charge is 2.38. The third-order valence-electron chi connectivity index (χ3n) is 4.00. The first-order valence-corrected chi connectivity index (χ1v) is 7.27. The van der Waals surface area contributed by atoms with Crippen LogP contribution in [0.25, 0.3) is 0 Å². The molecular weight excluding hydrogens is 230 g/mol. The number of thioether (sulfide) groups is 1. The van der Waals surface area contributed by atoms with Crippen molar-refractivity contribution in [1.29, 1.82) is 0 Å². The number of nitrogens with zero attached hydrogens (tertiary/aromatic N) is 1. The molecule has 0 atom stereocenters. The van der Waals surface area contributed by atoms with Crippen LogP contribution in [0.4, 0.5) is 0 Å². The number of carbonyl (C=O) groups excluding carboxylic acids is 1. The van der Waals surface area contributed by atoms with Crippen LogP contribution in [0, 0.1) is 0 Å². The average molecular weight is 245 g/mol. The normalized spacial score (nSPS) is 22.1. The zero-order valence-electron chi connectivity index (χ0n) is 9.69. The minimum atomic E-state index is -0.241. The van der Waals surface area contributed by atoms with E-state index in [9.17, 15) is 4.79 Å². The Balaban J connectivity index is 1.85. The van der Waals surface area contributed by atoms with Gasteiger partial charge < -0.3 is 0 Å². The van der Waals surface area contributed by atoms with Gasteiger partial charge in [0, 0.05) is 17.4 Å². The maximum absolute atomic E-state index is 10.5. The molecule has 3 rings (SSSR count). The molecule has 17 heavy (non-hydrogen) atoms. The van der Waals surface area contributed by atoms with Crippen LogP contribution in [0.3, 0.4) is 0 Å². The molecule has 0 bridgehead atoms. The van der Waals surface area contributed by atoms with Crippen LogP contribution in [-0.2, 0) is 10.3 Å². The molecule has 0 aromatic heterocycles. The van der Waals surface area contributed by atoms with E-state index in [0.29, 0.717) is 0 Å². The second-order valence-electron chi connectivity index (χ2n) is 4.94. The van der Waals surface area contributed by atoms with Crippen molar-refractivity contribution in [2.75, 3.05) is 11.5 Å². The van der Waals surface area contributed by atoms with Gasteiger partial charge in [0.2, 0.25) is 6.08 Å². The van der Waals surface area contributed by atoms with E-state index in [1.807, 2.05) is 11.8 Å². The highest BCUT2D eigenvalue weighted by molar-refractivity contribution is 8.00. The van der Waals surface area contributed by atoms with Gasteiger partial charge in [-0.1, -0.05) is 24.3 Å². The molecule has 1 aliphatic heterocycles. The number of hydrogen-bond donors (Lipinski definition) is 0. The molecule has 1 aliphatic carbocycles. The maximum atomic E-state index is 10.5. The highest BCUT2D eigenvalue weighted by atomic mass is 32.2. The SMILES string of the molecule is O=C=NC1(c2ccc(C3CSC3)cc2)CCC1. The van der Waals surface area contributed by atoms with Crippen molar-refractivity contribution in [3.8, 4) is 0 Å². The molecule has 1 saturated carbocycles. The van der Waals surface area contributed by atoms with Crippen LogP contribution in [0.5, 0.6) is 0 Å². The second-order valence-corrected chi connectivity index (χ2v) is 6.02. The lowest BCUT2D eigenvalue weighted by molar-refractivity contribution is 0.256. The van der Waals surface area contributed by atoms with Crippen LogP contribution >= 0.6 is 11.8 Å². The largest absolute Gasteiger partial charge is 0.235 e. The first kappa shape index (κ1) is 11.1. The minimum Gasteiger partial charge on any atom is -0.211 e. The third kappa shape index (κ3) is 1.84. The van der Waals surface area contributed by atoms with Gasteiger partial charge >= 0.3 is 0 Å². The molecule has 1 heterocycles. The summed E-state index contributed by atoms with van der Waals surface area (Å²) in [5.41, 5.74) is 2.37. The van der Waals surface area contributed by atoms with E-state index in [4.69, 9.17) is 0 Å². The molecule has 2 aliphatic rings. The van der Waals surface area contributed by atoms with E-state index < -0.39 is 0 Å². The van der Waals surface area contributed by atoms with Gasteiger partial charge in [0.25, 0.3) is 0 Å². The Morgan fingerprint density at radius 2 is 1.94 bits per heavy atom. The van der Waals surface area contributed by atoms with Gasteiger partial charge in [0.15, 0.2) is 0 Å². The van der Waals surface area contributed by atoms with E-state index in [-0.39, 0.29) is 5.54 Å². The fourth-order valence-electron chi connectivity index (χ4n) is 2.56. The summed E-state index contributed by atoms with van der Waals surface area (Å²) in [5.74, 6) is 3.23. The summed E-state index contributed by atoms with van der Waals surface area (Å²) >= 11 is 2.00. The Kier molecular flexibility index (Phi) is 2.81. The lowest BCUT2D eigenvalue weighted by Crippen LogP contribution is -2.31.